The van der Waals surface area contributed by atoms with Gasteiger partial charge >= 0.3 is 0 Å². The van der Waals surface area contributed by atoms with Gasteiger partial charge in [0.25, 0.3) is 0 Å². The molecule has 22 heavy (non-hydrogen) atoms. The molecule has 1 aliphatic rings. The summed E-state index contributed by atoms with van der Waals surface area (Å²) in [7, 11) is -3.58. The maximum absolute atomic E-state index is 12.7. The highest BCUT2D eigenvalue weighted by Crippen LogP contribution is 2.28. The third-order valence-electron chi connectivity index (χ3n) is 3.85. The lowest BCUT2D eigenvalue weighted by Gasteiger charge is -2.31. The zero-order valence-electron chi connectivity index (χ0n) is 13.0. The number of likely N-dealkylation sites (tertiary alicyclic amines) is 1. The number of rotatable bonds is 6. The smallest absolute Gasteiger partial charge is 0.244 e. The van der Waals surface area contributed by atoms with Gasteiger partial charge in [0.15, 0.2) is 0 Å². The Morgan fingerprint density at radius 2 is 2.00 bits per heavy atom. The van der Waals surface area contributed by atoms with Gasteiger partial charge in [0.1, 0.15) is 10.6 Å². The Hall–Kier alpha value is -0.630. The second kappa shape index (κ2) is 7.77. The number of piperidine rings is 1. The molecule has 0 unspecified atom stereocenters. The van der Waals surface area contributed by atoms with Gasteiger partial charge in [-0.25, -0.2) is 13.1 Å². The molecule has 0 amide bonds. The molecule has 7 heteroatoms. The van der Waals surface area contributed by atoms with Crippen LogP contribution in [0.15, 0.2) is 27.6 Å². The third-order valence-corrected chi connectivity index (χ3v) is 5.89. The van der Waals surface area contributed by atoms with Gasteiger partial charge in [0.05, 0.1) is 6.61 Å². The van der Waals surface area contributed by atoms with Crippen molar-refractivity contribution in [2.45, 2.75) is 37.6 Å². The number of sulfonamides is 1. The fraction of sp³-hybridized carbons (Fsp3) is 0.600. The lowest BCUT2D eigenvalue weighted by Crippen LogP contribution is -2.44. The van der Waals surface area contributed by atoms with Crippen molar-refractivity contribution in [3.8, 4) is 5.75 Å². The van der Waals surface area contributed by atoms with Gasteiger partial charge < -0.3 is 9.64 Å². The van der Waals surface area contributed by atoms with Crippen LogP contribution in [-0.4, -0.2) is 45.6 Å². The van der Waals surface area contributed by atoms with Crippen LogP contribution in [0.3, 0.4) is 0 Å². The lowest BCUT2D eigenvalue weighted by molar-refractivity contribution is 0.217. The molecule has 1 aromatic rings. The minimum atomic E-state index is -3.58. The van der Waals surface area contributed by atoms with Crippen LogP contribution in [0.5, 0.6) is 5.75 Å². The van der Waals surface area contributed by atoms with Gasteiger partial charge in [-0.05, 0) is 57.6 Å². The molecule has 0 radical (unpaired) electrons. The van der Waals surface area contributed by atoms with Crippen molar-refractivity contribution in [1.82, 2.24) is 9.62 Å². The van der Waals surface area contributed by atoms with E-state index in [1.165, 1.54) is 0 Å². The van der Waals surface area contributed by atoms with Crippen LogP contribution in [-0.2, 0) is 10.0 Å². The number of nitrogens with one attached hydrogen (secondary N) is 1. The zero-order valence-corrected chi connectivity index (χ0v) is 15.4. The molecule has 1 heterocycles. The second-order valence-corrected chi connectivity index (χ2v) is 7.95. The van der Waals surface area contributed by atoms with Crippen molar-refractivity contribution in [2.24, 2.45) is 0 Å². The Morgan fingerprint density at radius 3 is 2.59 bits per heavy atom. The van der Waals surface area contributed by atoms with Crippen LogP contribution in [0, 0.1) is 0 Å². The summed E-state index contributed by atoms with van der Waals surface area (Å²) in [6.07, 6.45) is 1.68. The molecule has 1 saturated heterocycles. The number of benzene rings is 1. The molecule has 124 valence electrons. The van der Waals surface area contributed by atoms with Gasteiger partial charge in [-0.15, -0.1) is 0 Å². The number of halogens is 1. The molecule has 5 nitrogen and oxygen atoms in total. The van der Waals surface area contributed by atoms with E-state index in [-0.39, 0.29) is 10.9 Å². The molecule has 1 aliphatic heterocycles. The minimum absolute atomic E-state index is 0.0127. The minimum Gasteiger partial charge on any atom is -0.492 e. The van der Waals surface area contributed by atoms with Gasteiger partial charge in [0.2, 0.25) is 10.0 Å². The summed E-state index contributed by atoms with van der Waals surface area (Å²) < 4.78 is 34.3. The number of hydrogen-bond acceptors (Lipinski definition) is 4. The van der Waals surface area contributed by atoms with E-state index < -0.39 is 10.0 Å². The summed E-state index contributed by atoms with van der Waals surface area (Å²) in [6.45, 7) is 7.27. The van der Waals surface area contributed by atoms with Crippen molar-refractivity contribution in [3.63, 3.8) is 0 Å². The molecule has 0 aromatic heterocycles. The van der Waals surface area contributed by atoms with Crippen LogP contribution in [0.25, 0.3) is 0 Å². The summed E-state index contributed by atoms with van der Waals surface area (Å²) in [4.78, 5) is 2.52. The van der Waals surface area contributed by atoms with Crippen LogP contribution < -0.4 is 9.46 Å². The largest absolute Gasteiger partial charge is 0.492 e. The summed E-state index contributed by atoms with van der Waals surface area (Å²) >= 11 is 3.33. The molecule has 0 saturated carbocycles. The fourth-order valence-electron chi connectivity index (χ4n) is 2.62. The zero-order chi connectivity index (χ0) is 16.2. The first-order valence-electron chi connectivity index (χ1n) is 7.63. The molecule has 1 fully saturated rings. The summed E-state index contributed by atoms with van der Waals surface area (Å²) in [5.41, 5.74) is 0. The summed E-state index contributed by atoms with van der Waals surface area (Å²) in [5.74, 6) is 0.393. The highest BCUT2D eigenvalue weighted by Gasteiger charge is 2.26. The van der Waals surface area contributed by atoms with Crippen molar-refractivity contribution in [2.75, 3.05) is 26.2 Å². The maximum atomic E-state index is 12.7. The van der Waals surface area contributed by atoms with Gasteiger partial charge in [-0.1, -0.05) is 22.9 Å². The molecule has 1 aromatic carbocycles. The number of ether oxygens (including phenoxy) is 1. The summed E-state index contributed by atoms with van der Waals surface area (Å²) in [5, 5.41) is 0. The van der Waals surface area contributed by atoms with Crippen molar-refractivity contribution >= 4 is 26.0 Å². The summed E-state index contributed by atoms with van der Waals surface area (Å²) in [6, 6.07) is 5.04. The lowest BCUT2D eigenvalue weighted by atomic mass is 10.1. The molecule has 0 spiro atoms. The first-order valence-corrected chi connectivity index (χ1v) is 9.91. The Balaban J connectivity index is 2.15. The first kappa shape index (κ1) is 17.7. The van der Waals surface area contributed by atoms with E-state index in [0.717, 1.165) is 36.9 Å². The normalized spacial score (nSPS) is 17.6. The van der Waals surface area contributed by atoms with E-state index in [1.54, 1.807) is 18.2 Å². The van der Waals surface area contributed by atoms with Crippen molar-refractivity contribution in [3.05, 3.63) is 22.7 Å². The molecule has 0 atom stereocenters. The first-order chi connectivity index (χ1) is 10.5. The molecule has 1 N–H and O–H groups in total. The SMILES string of the molecule is CCOc1ccc(Br)cc1S(=O)(=O)NC1CCN(CC)CC1. The second-order valence-electron chi connectivity index (χ2n) is 5.35. The quantitative estimate of drug-likeness (QED) is 0.810. The van der Waals surface area contributed by atoms with E-state index in [2.05, 4.69) is 32.5 Å². The topological polar surface area (TPSA) is 58.6 Å². The number of hydrogen-bond donors (Lipinski definition) is 1. The monoisotopic (exact) mass is 390 g/mol. The van der Waals surface area contributed by atoms with Crippen LogP contribution in [0.2, 0.25) is 0 Å². The Labute approximate surface area is 141 Å². The standard InChI is InChI=1S/C15H23BrN2O3S/c1-3-18-9-7-13(8-10-18)17-22(19,20)15-11-12(16)5-6-14(15)21-4-2/h5-6,11,13,17H,3-4,7-10H2,1-2H3. The van der Waals surface area contributed by atoms with E-state index in [0.29, 0.717) is 12.4 Å². The van der Waals surface area contributed by atoms with Gasteiger partial charge in [-0.3, -0.25) is 0 Å². The van der Waals surface area contributed by atoms with E-state index in [1.807, 2.05) is 6.92 Å². The average molecular weight is 391 g/mol. The maximum Gasteiger partial charge on any atom is 0.244 e. The van der Waals surface area contributed by atoms with E-state index in [9.17, 15) is 8.42 Å². The molecular formula is C15H23BrN2O3S. The van der Waals surface area contributed by atoms with Gasteiger partial charge in [0, 0.05) is 10.5 Å². The third kappa shape index (κ3) is 4.44. The fourth-order valence-corrected chi connectivity index (χ4v) is 4.60. The predicted molar refractivity (Wildman–Crippen MR) is 90.8 cm³/mol. The van der Waals surface area contributed by atoms with Crippen LogP contribution in [0.4, 0.5) is 0 Å². The van der Waals surface area contributed by atoms with Crippen LogP contribution in [0.1, 0.15) is 26.7 Å². The predicted octanol–water partition coefficient (Wildman–Crippen LogP) is 2.61. The average Bonchev–Trinajstić information content (AvgIpc) is 2.49. The molecule has 0 bridgehead atoms. The number of nitrogens with zero attached hydrogens (tertiary/aromatic N) is 1. The Bertz CT molecular complexity index is 599. The van der Waals surface area contributed by atoms with E-state index >= 15 is 0 Å². The Kier molecular flexibility index (Phi) is 6.26. The molecule has 2 rings (SSSR count). The van der Waals surface area contributed by atoms with E-state index in [4.69, 9.17) is 4.74 Å². The highest BCUT2D eigenvalue weighted by atomic mass is 79.9. The van der Waals surface area contributed by atoms with Crippen molar-refractivity contribution < 1.29 is 13.2 Å². The molecule has 0 aliphatic carbocycles. The molecular weight excluding hydrogens is 368 g/mol. The van der Waals surface area contributed by atoms with Gasteiger partial charge in [-0.2, -0.15) is 0 Å². The Morgan fingerprint density at radius 1 is 1.32 bits per heavy atom. The van der Waals surface area contributed by atoms with Crippen LogP contribution >= 0.6 is 15.9 Å². The highest BCUT2D eigenvalue weighted by molar-refractivity contribution is 9.10. The van der Waals surface area contributed by atoms with Crippen molar-refractivity contribution in [1.29, 1.82) is 0 Å².